The van der Waals surface area contributed by atoms with Gasteiger partial charge in [0.2, 0.25) is 0 Å². The second-order valence-electron chi connectivity index (χ2n) is 6.47. The molecular weight excluding hydrogens is 368 g/mol. The fourth-order valence-electron chi connectivity index (χ4n) is 2.49. The van der Waals surface area contributed by atoms with E-state index in [4.69, 9.17) is 0 Å². The number of ketones is 1. The quantitative estimate of drug-likeness (QED) is 0.401. The molecule has 2 heterocycles. The number of anilines is 3. The largest absolute Gasteiger partial charge is 0.367 e. The van der Waals surface area contributed by atoms with E-state index in [1.807, 2.05) is 19.1 Å². The molecule has 0 aliphatic carbocycles. The highest BCUT2D eigenvalue weighted by atomic mass is 16.1. The maximum atomic E-state index is 12.1. The fourth-order valence-corrected chi connectivity index (χ4v) is 2.49. The lowest BCUT2D eigenvalue weighted by atomic mass is 10.1. The molecule has 0 aliphatic rings. The lowest BCUT2D eigenvalue weighted by molar-refractivity contribution is 0.0953. The topological polar surface area (TPSA) is 109 Å². The van der Waals surface area contributed by atoms with E-state index in [1.165, 1.54) is 6.92 Å². The molecule has 3 aromatic rings. The molecule has 0 saturated heterocycles. The van der Waals surface area contributed by atoms with Crippen molar-refractivity contribution in [2.45, 2.75) is 13.8 Å². The minimum absolute atomic E-state index is 0.0291. The molecule has 8 heteroatoms. The summed E-state index contributed by atoms with van der Waals surface area (Å²) in [7, 11) is 0. The van der Waals surface area contributed by atoms with Gasteiger partial charge in [0.25, 0.3) is 5.91 Å². The van der Waals surface area contributed by atoms with E-state index in [2.05, 4.69) is 31.1 Å². The van der Waals surface area contributed by atoms with Crippen molar-refractivity contribution in [1.82, 2.24) is 20.5 Å². The van der Waals surface area contributed by atoms with E-state index in [1.54, 1.807) is 42.6 Å². The highest BCUT2D eigenvalue weighted by Gasteiger charge is 2.06. The van der Waals surface area contributed by atoms with Gasteiger partial charge in [-0.15, -0.1) is 10.2 Å². The normalized spacial score (nSPS) is 10.3. The monoisotopic (exact) mass is 390 g/mol. The SMILES string of the molecule is CC(=O)c1ccc(C(=O)NCCNc2ccc(Nc3ccc(C)cn3)nn2)cc1. The Morgan fingerprint density at radius 3 is 2.10 bits per heavy atom. The Balaban J connectivity index is 1.42. The Bertz CT molecular complexity index is 970. The Hall–Kier alpha value is -3.81. The van der Waals surface area contributed by atoms with Crippen molar-refractivity contribution in [3.8, 4) is 0 Å². The van der Waals surface area contributed by atoms with Gasteiger partial charge in [0, 0.05) is 30.4 Å². The van der Waals surface area contributed by atoms with Crippen LogP contribution in [0.4, 0.5) is 17.5 Å². The molecule has 1 amide bonds. The van der Waals surface area contributed by atoms with Crippen LogP contribution in [0.25, 0.3) is 0 Å². The van der Waals surface area contributed by atoms with Crippen molar-refractivity contribution in [1.29, 1.82) is 0 Å². The van der Waals surface area contributed by atoms with Gasteiger partial charge >= 0.3 is 0 Å². The molecule has 8 nitrogen and oxygen atoms in total. The van der Waals surface area contributed by atoms with Crippen LogP contribution >= 0.6 is 0 Å². The van der Waals surface area contributed by atoms with Gasteiger partial charge in [-0.1, -0.05) is 18.2 Å². The number of pyridine rings is 1. The van der Waals surface area contributed by atoms with Gasteiger partial charge in [-0.2, -0.15) is 0 Å². The van der Waals surface area contributed by atoms with Gasteiger partial charge < -0.3 is 16.0 Å². The Labute approximate surface area is 168 Å². The van der Waals surface area contributed by atoms with Crippen LogP contribution in [-0.4, -0.2) is 40.0 Å². The average molecular weight is 390 g/mol. The van der Waals surface area contributed by atoms with E-state index in [-0.39, 0.29) is 11.7 Å². The number of nitrogens with one attached hydrogen (secondary N) is 3. The Kier molecular flexibility index (Phi) is 6.47. The molecule has 3 rings (SSSR count). The lowest BCUT2D eigenvalue weighted by Crippen LogP contribution is -2.28. The van der Waals surface area contributed by atoms with Crippen LogP contribution in [0.15, 0.2) is 54.7 Å². The highest BCUT2D eigenvalue weighted by molar-refractivity contribution is 5.97. The van der Waals surface area contributed by atoms with Crippen molar-refractivity contribution < 1.29 is 9.59 Å². The minimum atomic E-state index is -0.196. The minimum Gasteiger partial charge on any atom is -0.367 e. The van der Waals surface area contributed by atoms with Gasteiger partial charge in [0.15, 0.2) is 11.6 Å². The van der Waals surface area contributed by atoms with Crippen LogP contribution in [0.2, 0.25) is 0 Å². The van der Waals surface area contributed by atoms with Crippen LogP contribution in [0.5, 0.6) is 0 Å². The third kappa shape index (κ3) is 5.83. The maximum absolute atomic E-state index is 12.1. The second kappa shape index (κ2) is 9.41. The number of amides is 1. The Morgan fingerprint density at radius 1 is 0.828 bits per heavy atom. The first-order chi connectivity index (χ1) is 14.0. The van der Waals surface area contributed by atoms with Crippen molar-refractivity contribution >= 4 is 29.1 Å². The molecule has 0 radical (unpaired) electrons. The second-order valence-corrected chi connectivity index (χ2v) is 6.47. The van der Waals surface area contributed by atoms with Gasteiger partial charge in [-0.05, 0) is 49.7 Å². The smallest absolute Gasteiger partial charge is 0.251 e. The molecule has 0 aliphatic heterocycles. The molecule has 0 bridgehead atoms. The molecule has 0 atom stereocenters. The number of benzene rings is 1. The summed E-state index contributed by atoms with van der Waals surface area (Å²) in [6.45, 7) is 4.38. The van der Waals surface area contributed by atoms with Crippen molar-refractivity contribution in [3.05, 3.63) is 71.4 Å². The van der Waals surface area contributed by atoms with E-state index in [9.17, 15) is 9.59 Å². The third-order valence-corrected chi connectivity index (χ3v) is 4.10. The summed E-state index contributed by atoms with van der Waals surface area (Å²) in [5.41, 5.74) is 2.18. The molecule has 29 heavy (non-hydrogen) atoms. The van der Waals surface area contributed by atoms with E-state index in [0.29, 0.717) is 41.7 Å². The summed E-state index contributed by atoms with van der Waals surface area (Å²) in [6.07, 6.45) is 1.78. The summed E-state index contributed by atoms with van der Waals surface area (Å²) < 4.78 is 0. The molecule has 0 fully saturated rings. The number of carbonyl (C=O) groups is 2. The number of aromatic nitrogens is 3. The first-order valence-electron chi connectivity index (χ1n) is 9.18. The summed E-state index contributed by atoms with van der Waals surface area (Å²) in [4.78, 5) is 27.6. The molecule has 0 spiro atoms. The lowest BCUT2D eigenvalue weighted by Gasteiger charge is -2.08. The van der Waals surface area contributed by atoms with E-state index in [0.717, 1.165) is 5.56 Å². The molecule has 148 valence electrons. The van der Waals surface area contributed by atoms with Crippen molar-refractivity contribution in [2.75, 3.05) is 23.7 Å². The zero-order chi connectivity index (χ0) is 20.6. The predicted molar refractivity (Wildman–Crippen MR) is 112 cm³/mol. The summed E-state index contributed by atoms with van der Waals surface area (Å²) >= 11 is 0. The van der Waals surface area contributed by atoms with Gasteiger partial charge in [0.1, 0.15) is 11.6 Å². The standard InChI is InChI=1S/C21H22N6O2/c1-14-3-8-18(24-13-14)25-20-10-9-19(26-27-20)22-11-12-23-21(29)17-6-4-16(5-7-17)15(2)28/h3-10,13H,11-12H2,1-2H3,(H,22,26)(H,23,29)(H,24,25,27). The third-order valence-electron chi connectivity index (χ3n) is 4.10. The summed E-state index contributed by atoms with van der Waals surface area (Å²) in [5.74, 6) is 1.67. The molecule has 3 N–H and O–H groups in total. The first-order valence-corrected chi connectivity index (χ1v) is 9.18. The highest BCUT2D eigenvalue weighted by Crippen LogP contribution is 2.12. The van der Waals surface area contributed by atoms with Gasteiger partial charge in [-0.25, -0.2) is 4.98 Å². The number of aryl methyl sites for hydroxylation is 1. The van der Waals surface area contributed by atoms with Gasteiger partial charge in [-0.3, -0.25) is 9.59 Å². The molecule has 0 unspecified atom stereocenters. The predicted octanol–water partition coefficient (Wildman–Crippen LogP) is 2.97. The molecule has 1 aromatic carbocycles. The molecular formula is C21H22N6O2. The van der Waals surface area contributed by atoms with Crippen molar-refractivity contribution in [2.24, 2.45) is 0 Å². The number of hydrogen-bond acceptors (Lipinski definition) is 7. The number of rotatable bonds is 8. The number of Topliss-reactive ketones (excluding diaryl/α,β-unsaturated/α-hetero) is 1. The van der Waals surface area contributed by atoms with E-state index >= 15 is 0 Å². The van der Waals surface area contributed by atoms with Crippen LogP contribution in [-0.2, 0) is 0 Å². The zero-order valence-corrected chi connectivity index (χ0v) is 16.3. The fraction of sp³-hybridized carbons (Fsp3) is 0.190. The number of carbonyl (C=O) groups excluding carboxylic acids is 2. The maximum Gasteiger partial charge on any atom is 0.251 e. The average Bonchev–Trinajstić information content (AvgIpc) is 2.74. The van der Waals surface area contributed by atoms with E-state index < -0.39 is 0 Å². The van der Waals surface area contributed by atoms with Crippen LogP contribution in [0.3, 0.4) is 0 Å². The van der Waals surface area contributed by atoms with Crippen LogP contribution in [0.1, 0.15) is 33.2 Å². The summed E-state index contributed by atoms with van der Waals surface area (Å²) in [6, 6.07) is 14.0. The molecule has 2 aromatic heterocycles. The number of hydrogen-bond donors (Lipinski definition) is 3. The number of nitrogens with zero attached hydrogens (tertiary/aromatic N) is 3. The molecule has 0 saturated carbocycles. The summed E-state index contributed by atoms with van der Waals surface area (Å²) in [5, 5.41) is 17.2. The van der Waals surface area contributed by atoms with Gasteiger partial charge in [0.05, 0.1) is 0 Å². The van der Waals surface area contributed by atoms with Crippen molar-refractivity contribution in [3.63, 3.8) is 0 Å². The Morgan fingerprint density at radius 2 is 1.48 bits per heavy atom. The first kappa shape index (κ1) is 19.9. The van der Waals surface area contributed by atoms with Crippen LogP contribution in [0, 0.1) is 6.92 Å². The zero-order valence-electron chi connectivity index (χ0n) is 16.3. The van der Waals surface area contributed by atoms with Crippen LogP contribution < -0.4 is 16.0 Å².